The van der Waals surface area contributed by atoms with Gasteiger partial charge in [-0.1, -0.05) is 0 Å². The van der Waals surface area contributed by atoms with Crippen LogP contribution < -0.4 is 10.6 Å². The highest BCUT2D eigenvalue weighted by atomic mass is 19.4. The zero-order valence-electron chi connectivity index (χ0n) is 13.2. The smallest absolute Gasteiger partial charge is 0.395 e. The van der Waals surface area contributed by atoms with Crippen LogP contribution in [-0.4, -0.2) is 78.3 Å². The van der Waals surface area contributed by atoms with Gasteiger partial charge in [0.1, 0.15) is 0 Å². The van der Waals surface area contributed by atoms with Crippen LogP contribution in [0.1, 0.15) is 0 Å². The Labute approximate surface area is 148 Å². The summed E-state index contributed by atoms with van der Waals surface area (Å²) in [4.78, 5) is 22.0. The summed E-state index contributed by atoms with van der Waals surface area (Å²) in [7, 11) is 0. The van der Waals surface area contributed by atoms with E-state index in [9.17, 15) is 53.5 Å². The molecule has 2 amide bonds. The maximum Gasteiger partial charge on any atom is 0.458 e. The average Bonchev–Trinajstić information content (AvgIpc) is 2.55. The molecule has 0 aliphatic heterocycles. The fourth-order valence-electron chi connectivity index (χ4n) is 1.36. The summed E-state index contributed by atoms with van der Waals surface area (Å²) in [6, 6.07) is 0. The van der Waals surface area contributed by atoms with Gasteiger partial charge in [0.05, 0.1) is 13.2 Å². The molecule has 0 saturated heterocycles. The van der Waals surface area contributed by atoms with E-state index in [1.165, 1.54) is 0 Å². The van der Waals surface area contributed by atoms with E-state index < -0.39 is 68.1 Å². The van der Waals surface area contributed by atoms with E-state index in [0.717, 1.165) is 10.6 Å². The van der Waals surface area contributed by atoms with Crippen molar-refractivity contribution >= 4 is 11.8 Å². The average molecular weight is 442 g/mol. The molecule has 0 bridgehead atoms. The molecule has 0 radical (unpaired) electrons. The van der Waals surface area contributed by atoms with Crippen molar-refractivity contribution < 1.29 is 68.4 Å². The van der Waals surface area contributed by atoms with Crippen LogP contribution in [0.3, 0.4) is 0 Å². The first kappa shape index (κ1) is 26.1. The third-order valence-corrected chi connectivity index (χ3v) is 2.77. The quantitative estimate of drug-likeness (QED) is 0.365. The van der Waals surface area contributed by atoms with Crippen molar-refractivity contribution in [2.45, 2.75) is 30.0 Å². The standard InChI is InChI=1S/C11H12F10N2O5/c12-7(13,5(26)22-1-3-24)9(15,16)11(20,21)28-8(14,10(17,18)19)6(27)23-2-4-25/h24-25H,1-4H2,(H,22,26)(H,23,27)/t8-/m0/s1. The predicted molar refractivity (Wildman–Crippen MR) is 66.0 cm³/mol. The molecule has 0 aromatic heterocycles. The molecular formula is C11H12F10N2O5. The molecule has 0 unspecified atom stereocenters. The molecular weight excluding hydrogens is 430 g/mol. The second kappa shape index (κ2) is 8.64. The van der Waals surface area contributed by atoms with Crippen LogP contribution in [0.25, 0.3) is 0 Å². The number of hydrogen-bond acceptors (Lipinski definition) is 5. The molecule has 0 saturated carbocycles. The third kappa shape index (κ3) is 4.93. The van der Waals surface area contributed by atoms with Crippen molar-refractivity contribution in [3.8, 4) is 0 Å². The number of aliphatic hydroxyl groups excluding tert-OH is 2. The third-order valence-electron chi connectivity index (χ3n) is 2.77. The first-order chi connectivity index (χ1) is 12.4. The van der Waals surface area contributed by atoms with Gasteiger partial charge in [-0.15, -0.1) is 0 Å². The van der Waals surface area contributed by atoms with Crippen LogP contribution in [0, 0.1) is 0 Å². The molecule has 0 aliphatic rings. The molecule has 4 N–H and O–H groups in total. The molecule has 0 aromatic rings. The van der Waals surface area contributed by atoms with Gasteiger partial charge in [-0.2, -0.15) is 43.9 Å². The van der Waals surface area contributed by atoms with E-state index in [-0.39, 0.29) is 0 Å². The van der Waals surface area contributed by atoms with E-state index in [1.807, 2.05) is 0 Å². The summed E-state index contributed by atoms with van der Waals surface area (Å²) in [5.41, 5.74) is 0. The summed E-state index contributed by atoms with van der Waals surface area (Å²) in [6.07, 6.45) is -13.8. The Morgan fingerprint density at radius 3 is 1.50 bits per heavy atom. The number of carbonyl (C=O) groups excluding carboxylic acids is 2. The van der Waals surface area contributed by atoms with E-state index >= 15 is 0 Å². The van der Waals surface area contributed by atoms with E-state index in [4.69, 9.17) is 10.2 Å². The molecule has 17 heteroatoms. The molecule has 0 aromatic carbocycles. The van der Waals surface area contributed by atoms with Crippen molar-refractivity contribution in [3.05, 3.63) is 0 Å². The second-order valence-corrected chi connectivity index (χ2v) is 4.82. The Balaban J connectivity index is 5.97. The van der Waals surface area contributed by atoms with Gasteiger partial charge in [-0.05, 0) is 0 Å². The van der Waals surface area contributed by atoms with Crippen molar-refractivity contribution in [3.63, 3.8) is 0 Å². The molecule has 7 nitrogen and oxygen atoms in total. The number of nitrogens with one attached hydrogen (secondary N) is 2. The molecule has 0 aliphatic carbocycles. The fraction of sp³-hybridized carbons (Fsp3) is 0.818. The van der Waals surface area contributed by atoms with Crippen LogP contribution in [0.15, 0.2) is 0 Å². The molecule has 0 spiro atoms. The van der Waals surface area contributed by atoms with Crippen LogP contribution in [-0.2, 0) is 14.3 Å². The summed E-state index contributed by atoms with van der Waals surface area (Å²) >= 11 is 0. The number of alkyl halides is 10. The van der Waals surface area contributed by atoms with Gasteiger partial charge in [0.15, 0.2) is 0 Å². The van der Waals surface area contributed by atoms with Gasteiger partial charge in [-0.25, -0.2) is 0 Å². The van der Waals surface area contributed by atoms with Gasteiger partial charge in [0, 0.05) is 13.1 Å². The number of rotatable bonds is 10. The number of amides is 2. The number of hydrogen-bond donors (Lipinski definition) is 4. The number of ether oxygens (including phenoxy) is 1. The highest BCUT2D eigenvalue weighted by Crippen LogP contribution is 2.50. The van der Waals surface area contributed by atoms with Gasteiger partial charge < -0.3 is 20.8 Å². The van der Waals surface area contributed by atoms with Crippen molar-refractivity contribution in [2.24, 2.45) is 0 Å². The maximum atomic E-state index is 13.8. The Hall–Kier alpha value is -1.88. The normalized spacial score (nSPS) is 15.7. The lowest BCUT2D eigenvalue weighted by atomic mass is 10.1. The number of halogens is 10. The lowest BCUT2D eigenvalue weighted by Gasteiger charge is -2.35. The summed E-state index contributed by atoms with van der Waals surface area (Å²) < 4.78 is 134. The highest BCUT2D eigenvalue weighted by Gasteiger charge is 2.80. The molecule has 1 atom stereocenters. The lowest BCUT2D eigenvalue weighted by molar-refractivity contribution is -0.455. The van der Waals surface area contributed by atoms with Crippen molar-refractivity contribution in [1.29, 1.82) is 0 Å². The largest absolute Gasteiger partial charge is 0.458 e. The zero-order valence-corrected chi connectivity index (χ0v) is 13.2. The van der Waals surface area contributed by atoms with Crippen molar-refractivity contribution in [1.82, 2.24) is 10.6 Å². The van der Waals surface area contributed by atoms with Gasteiger partial charge in [-0.3, -0.25) is 14.3 Å². The first-order valence-electron chi connectivity index (χ1n) is 6.80. The minimum Gasteiger partial charge on any atom is -0.395 e. The monoisotopic (exact) mass is 442 g/mol. The molecule has 0 heterocycles. The fourth-order valence-corrected chi connectivity index (χ4v) is 1.36. The molecule has 0 rings (SSSR count). The van der Waals surface area contributed by atoms with Gasteiger partial charge >= 0.3 is 30.0 Å². The number of carbonyl (C=O) groups is 2. The Kier molecular flexibility index (Phi) is 8.06. The van der Waals surface area contributed by atoms with Gasteiger partial charge in [0.25, 0.3) is 11.8 Å². The summed E-state index contributed by atoms with van der Waals surface area (Å²) in [6.45, 7) is -4.55. The summed E-state index contributed by atoms with van der Waals surface area (Å²) in [5, 5.41) is 18.3. The second-order valence-electron chi connectivity index (χ2n) is 4.82. The van der Waals surface area contributed by atoms with Crippen LogP contribution >= 0.6 is 0 Å². The number of aliphatic hydroxyl groups is 2. The minimum absolute atomic E-state index is 0.861. The van der Waals surface area contributed by atoms with E-state index in [1.54, 1.807) is 0 Å². The van der Waals surface area contributed by atoms with Crippen LogP contribution in [0.2, 0.25) is 0 Å². The van der Waals surface area contributed by atoms with E-state index in [2.05, 4.69) is 4.74 Å². The SMILES string of the molecule is O=C(NCCO)C(F)(F)C(F)(F)C(F)(F)O[C@@](F)(C(=O)NCCO)C(F)(F)F. The molecule has 166 valence electrons. The van der Waals surface area contributed by atoms with E-state index in [0.29, 0.717) is 0 Å². The highest BCUT2D eigenvalue weighted by molar-refractivity contribution is 5.85. The molecule has 0 fully saturated rings. The summed E-state index contributed by atoms with van der Waals surface area (Å²) in [5.74, 6) is -26.1. The van der Waals surface area contributed by atoms with Crippen LogP contribution in [0.4, 0.5) is 43.9 Å². The first-order valence-corrected chi connectivity index (χ1v) is 6.80. The van der Waals surface area contributed by atoms with Crippen LogP contribution in [0.5, 0.6) is 0 Å². The topological polar surface area (TPSA) is 108 Å². The Morgan fingerprint density at radius 1 is 0.750 bits per heavy atom. The van der Waals surface area contributed by atoms with Crippen molar-refractivity contribution in [2.75, 3.05) is 26.3 Å². The minimum atomic E-state index is -7.08. The zero-order chi connectivity index (χ0) is 22.6. The maximum absolute atomic E-state index is 13.8. The molecule has 28 heavy (non-hydrogen) atoms. The Morgan fingerprint density at radius 2 is 1.14 bits per heavy atom. The predicted octanol–water partition coefficient (Wildman–Crippen LogP) is 0.311. The van der Waals surface area contributed by atoms with Gasteiger partial charge in [0.2, 0.25) is 0 Å². The Bertz CT molecular complexity index is 570. The lowest BCUT2D eigenvalue weighted by Crippen LogP contribution is -2.66.